The molecule has 0 spiro atoms. The highest BCUT2D eigenvalue weighted by atomic mass is 16.5. The minimum atomic E-state index is -0.201. The maximum atomic E-state index is 6.34. The highest BCUT2D eigenvalue weighted by Gasteiger charge is 2.41. The number of ether oxygens (including phenoxy) is 1. The molecule has 1 aliphatic carbocycles. The third kappa shape index (κ3) is 3.40. The van der Waals surface area contributed by atoms with Crippen molar-refractivity contribution in [1.29, 1.82) is 0 Å². The van der Waals surface area contributed by atoms with E-state index in [1.165, 1.54) is 66.4 Å². The third-order valence-corrected chi connectivity index (χ3v) is 9.60. The van der Waals surface area contributed by atoms with Gasteiger partial charge in [-0.1, -0.05) is 140 Å². The fraction of sp³-hybridized carbons (Fsp3) is 0.0476. The van der Waals surface area contributed by atoms with Gasteiger partial charge in [-0.25, -0.2) is 0 Å². The molecule has 7 aromatic carbocycles. The lowest BCUT2D eigenvalue weighted by Gasteiger charge is -2.28. The molecule has 9 rings (SSSR count). The van der Waals surface area contributed by atoms with Gasteiger partial charge in [0.05, 0.1) is 0 Å². The molecule has 1 heterocycles. The lowest BCUT2D eigenvalue weighted by Crippen LogP contribution is -2.22. The molecule has 0 amide bonds. The fourth-order valence-electron chi connectivity index (χ4n) is 7.53. The summed E-state index contributed by atoms with van der Waals surface area (Å²) in [6.45, 7) is 2.37. The highest BCUT2D eigenvalue weighted by Crippen LogP contribution is 2.55. The average Bonchev–Trinajstić information content (AvgIpc) is 3.35. The summed E-state index contributed by atoms with van der Waals surface area (Å²) in [6.07, 6.45) is 0. The van der Waals surface area contributed by atoms with Crippen molar-refractivity contribution in [3.8, 4) is 56.0 Å². The van der Waals surface area contributed by atoms with Gasteiger partial charge in [-0.3, -0.25) is 0 Å². The zero-order chi connectivity index (χ0) is 28.5. The second-order valence-corrected chi connectivity index (χ2v) is 11.8. The summed E-state index contributed by atoms with van der Waals surface area (Å²) in [6, 6.07) is 55.0. The summed E-state index contributed by atoms with van der Waals surface area (Å²) in [7, 11) is 0. The van der Waals surface area contributed by atoms with Gasteiger partial charge < -0.3 is 4.74 Å². The van der Waals surface area contributed by atoms with Crippen molar-refractivity contribution in [1.82, 2.24) is 0 Å². The Bertz CT molecular complexity index is 2210. The van der Waals surface area contributed by atoms with E-state index in [0.717, 1.165) is 17.1 Å². The van der Waals surface area contributed by atoms with E-state index in [4.69, 9.17) is 4.74 Å². The monoisotopic (exact) mass is 548 g/mol. The molecule has 1 unspecified atom stereocenters. The summed E-state index contributed by atoms with van der Waals surface area (Å²) in [5, 5.41) is 2.39. The lowest BCUT2D eigenvalue weighted by molar-refractivity contribution is 0.487. The quantitative estimate of drug-likeness (QED) is 0.213. The molecule has 0 saturated heterocycles. The molecular formula is C42H28O. The number of fused-ring (bicyclic) bond motifs is 5. The molecule has 1 nitrogen and oxygen atoms in total. The number of benzene rings is 7. The zero-order valence-corrected chi connectivity index (χ0v) is 23.8. The van der Waals surface area contributed by atoms with Crippen LogP contribution in [0.5, 0.6) is 11.5 Å². The molecule has 0 bridgehead atoms. The molecular weight excluding hydrogens is 520 g/mol. The van der Waals surface area contributed by atoms with Crippen LogP contribution in [0.3, 0.4) is 0 Å². The van der Waals surface area contributed by atoms with E-state index in [1.807, 2.05) is 12.1 Å². The summed E-state index contributed by atoms with van der Waals surface area (Å²) in [5.41, 5.74) is 13.8. The minimum Gasteiger partial charge on any atom is -0.456 e. The van der Waals surface area contributed by atoms with Crippen LogP contribution in [0.25, 0.3) is 55.3 Å². The van der Waals surface area contributed by atoms with E-state index in [2.05, 4.69) is 146 Å². The Morgan fingerprint density at radius 1 is 0.419 bits per heavy atom. The standard InChI is InChI=1S/C42H28O/c1-42(29-11-3-2-4-12-29)36-18-7-5-14-35(36)40-31(15-10-19-37(40)42)28-23-21-27(22-24-28)30-25-26-39-41-33(30)16-9-17-34(41)32-13-6-8-20-38(32)43-39/h2-26H,1H3. The lowest BCUT2D eigenvalue weighted by atomic mass is 9.74. The first-order valence-electron chi connectivity index (χ1n) is 14.9. The van der Waals surface area contributed by atoms with Crippen LogP contribution < -0.4 is 4.74 Å². The summed E-state index contributed by atoms with van der Waals surface area (Å²) in [5.74, 6) is 1.84. The van der Waals surface area contributed by atoms with Crippen LogP contribution in [0, 0.1) is 0 Å². The Balaban J connectivity index is 1.18. The number of rotatable bonds is 3. The molecule has 1 aliphatic heterocycles. The maximum absolute atomic E-state index is 6.34. The smallest absolute Gasteiger partial charge is 0.135 e. The fourth-order valence-corrected chi connectivity index (χ4v) is 7.53. The van der Waals surface area contributed by atoms with E-state index in [9.17, 15) is 0 Å². The molecule has 1 atom stereocenters. The van der Waals surface area contributed by atoms with Crippen LogP contribution in [0.2, 0.25) is 0 Å². The summed E-state index contributed by atoms with van der Waals surface area (Å²) in [4.78, 5) is 0. The van der Waals surface area contributed by atoms with Crippen LogP contribution in [0.15, 0.2) is 152 Å². The molecule has 7 aromatic rings. The highest BCUT2D eigenvalue weighted by molar-refractivity contribution is 6.10. The molecule has 0 saturated carbocycles. The molecule has 0 N–H and O–H groups in total. The third-order valence-electron chi connectivity index (χ3n) is 9.60. The van der Waals surface area contributed by atoms with Crippen molar-refractivity contribution in [2.45, 2.75) is 12.3 Å². The number of hydrogen-bond donors (Lipinski definition) is 0. The second-order valence-electron chi connectivity index (χ2n) is 11.8. The van der Waals surface area contributed by atoms with Crippen molar-refractivity contribution in [2.75, 3.05) is 0 Å². The Morgan fingerprint density at radius 3 is 1.88 bits per heavy atom. The predicted octanol–water partition coefficient (Wildman–Crippen LogP) is 11.3. The van der Waals surface area contributed by atoms with Gasteiger partial charge in [-0.05, 0) is 80.1 Å². The Labute approximate surface area is 251 Å². The van der Waals surface area contributed by atoms with Crippen LogP contribution in [-0.4, -0.2) is 0 Å². The number of para-hydroxylation sites is 1. The Morgan fingerprint density at radius 2 is 1.05 bits per heavy atom. The summed E-state index contributed by atoms with van der Waals surface area (Å²) >= 11 is 0. The first kappa shape index (κ1) is 24.2. The van der Waals surface area contributed by atoms with E-state index >= 15 is 0 Å². The van der Waals surface area contributed by atoms with E-state index < -0.39 is 0 Å². The van der Waals surface area contributed by atoms with Gasteiger partial charge in [0, 0.05) is 16.4 Å². The molecule has 0 fully saturated rings. The van der Waals surface area contributed by atoms with Crippen molar-refractivity contribution in [3.05, 3.63) is 168 Å². The van der Waals surface area contributed by atoms with Crippen LogP contribution in [0.1, 0.15) is 23.6 Å². The van der Waals surface area contributed by atoms with Crippen LogP contribution in [0.4, 0.5) is 0 Å². The van der Waals surface area contributed by atoms with Crippen molar-refractivity contribution in [3.63, 3.8) is 0 Å². The van der Waals surface area contributed by atoms with E-state index in [0.29, 0.717) is 0 Å². The molecule has 2 aliphatic rings. The van der Waals surface area contributed by atoms with Crippen molar-refractivity contribution >= 4 is 10.8 Å². The van der Waals surface area contributed by atoms with Gasteiger partial charge in [0.15, 0.2) is 0 Å². The van der Waals surface area contributed by atoms with Gasteiger partial charge in [-0.2, -0.15) is 0 Å². The predicted molar refractivity (Wildman–Crippen MR) is 178 cm³/mol. The Hall–Kier alpha value is -5.40. The zero-order valence-electron chi connectivity index (χ0n) is 23.8. The van der Waals surface area contributed by atoms with Crippen molar-refractivity contribution in [2.24, 2.45) is 0 Å². The maximum Gasteiger partial charge on any atom is 0.135 e. The summed E-state index contributed by atoms with van der Waals surface area (Å²) < 4.78 is 6.34. The van der Waals surface area contributed by atoms with Gasteiger partial charge in [0.2, 0.25) is 0 Å². The minimum absolute atomic E-state index is 0.201. The second kappa shape index (κ2) is 9.05. The first-order chi connectivity index (χ1) is 21.2. The van der Waals surface area contributed by atoms with Crippen LogP contribution >= 0.6 is 0 Å². The van der Waals surface area contributed by atoms with E-state index in [1.54, 1.807) is 0 Å². The molecule has 0 radical (unpaired) electrons. The SMILES string of the molecule is CC1(c2ccccc2)c2ccccc2-c2c(-c3ccc(-c4ccc5c6c(cccc46)-c4ccccc4O5)cc3)cccc21. The molecule has 202 valence electrons. The number of hydrogen-bond acceptors (Lipinski definition) is 1. The van der Waals surface area contributed by atoms with E-state index in [-0.39, 0.29) is 5.41 Å². The molecule has 1 heteroatoms. The topological polar surface area (TPSA) is 9.23 Å². The Kier molecular flexibility index (Phi) is 5.10. The molecule has 43 heavy (non-hydrogen) atoms. The largest absolute Gasteiger partial charge is 0.456 e. The van der Waals surface area contributed by atoms with Gasteiger partial charge in [0.1, 0.15) is 11.5 Å². The van der Waals surface area contributed by atoms with Gasteiger partial charge >= 0.3 is 0 Å². The van der Waals surface area contributed by atoms with Gasteiger partial charge in [-0.15, -0.1) is 0 Å². The normalized spacial score (nSPS) is 15.8. The average molecular weight is 549 g/mol. The molecule has 0 aromatic heterocycles. The first-order valence-corrected chi connectivity index (χ1v) is 14.9. The van der Waals surface area contributed by atoms with Crippen LogP contribution in [-0.2, 0) is 5.41 Å². The van der Waals surface area contributed by atoms with Gasteiger partial charge in [0.25, 0.3) is 0 Å². The van der Waals surface area contributed by atoms with Crippen molar-refractivity contribution < 1.29 is 4.74 Å².